The third-order valence-corrected chi connectivity index (χ3v) is 4.64. The minimum absolute atomic E-state index is 0.194. The molecule has 1 aromatic rings. The van der Waals surface area contributed by atoms with E-state index >= 15 is 0 Å². The number of amides is 1. The maximum Gasteiger partial charge on any atom is 0.407 e. The molecular weight excluding hydrogens is 340 g/mol. The average Bonchev–Trinajstić information content (AvgIpc) is 3.36. The van der Waals surface area contributed by atoms with Gasteiger partial charge in [0.2, 0.25) is 0 Å². The van der Waals surface area contributed by atoms with Crippen LogP contribution in [0, 0.1) is 0 Å². The molecule has 1 N–H and O–H groups in total. The Bertz CT molecular complexity index is 628. The van der Waals surface area contributed by atoms with E-state index in [1.165, 1.54) is 0 Å². The lowest BCUT2D eigenvalue weighted by Gasteiger charge is -2.37. The predicted molar refractivity (Wildman–Crippen MR) is 98.2 cm³/mol. The molecule has 2 fully saturated rings. The van der Waals surface area contributed by atoms with Crippen LogP contribution in [0.15, 0.2) is 6.07 Å². The van der Waals surface area contributed by atoms with Crippen molar-refractivity contribution in [3.8, 4) is 0 Å². The molecular formula is C18H27ClN4O2. The van der Waals surface area contributed by atoms with Crippen LogP contribution in [0.5, 0.6) is 0 Å². The molecule has 0 aromatic carbocycles. The highest BCUT2D eigenvalue weighted by molar-refractivity contribution is 6.29. The van der Waals surface area contributed by atoms with E-state index in [0.717, 1.165) is 50.3 Å². The second kappa shape index (κ2) is 7.36. The van der Waals surface area contributed by atoms with Gasteiger partial charge in [0.25, 0.3) is 0 Å². The second-order valence-corrected chi connectivity index (χ2v) is 8.29. The van der Waals surface area contributed by atoms with Gasteiger partial charge in [-0.15, -0.1) is 0 Å². The van der Waals surface area contributed by atoms with Crippen molar-refractivity contribution in [2.45, 2.75) is 70.4 Å². The highest BCUT2D eigenvalue weighted by Gasteiger charge is 2.30. The van der Waals surface area contributed by atoms with E-state index in [2.05, 4.69) is 15.2 Å². The Morgan fingerprint density at radius 2 is 2.08 bits per heavy atom. The van der Waals surface area contributed by atoms with Crippen molar-refractivity contribution >= 4 is 23.5 Å². The summed E-state index contributed by atoms with van der Waals surface area (Å²) in [6.45, 7) is 7.04. The third-order valence-electron chi connectivity index (χ3n) is 4.44. The van der Waals surface area contributed by atoms with Gasteiger partial charge in [0.1, 0.15) is 22.4 Å². The van der Waals surface area contributed by atoms with Crippen molar-refractivity contribution in [2.75, 3.05) is 18.0 Å². The Morgan fingerprint density at radius 1 is 1.32 bits per heavy atom. The van der Waals surface area contributed by atoms with E-state index < -0.39 is 5.60 Å². The fourth-order valence-electron chi connectivity index (χ4n) is 3.12. The van der Waals surface area contributed by atoms with E-state index in [4.69, 9.17) is 21.3 Å². The van der Waals surface area contributed by atoms with E-state index in [0.29, 0.717) is 17.6 Å². The minimum atomic E-state index is -0.490. The summed E-state index contributed by atoms with van der Waals surface area (Å²) in [5, 5.41) is 3.39. The van der Waals surface area contributed by atoms with Gasteiger partial charge in [-0.05, 0) is 52.9 Å². The lowest BCUT2D eigenvalue weighted by Crippen LogP contribution is -2.48. The maximum absolute atomic E-state index is 12.0. The van der Waals surface area contributed by atoms with Crippen LogP contribution in [0.2, 0.25) is 5.15 Å². The Hall–Kier alpha value is -1.56. The van der Waals surface area contributed by atoms with E-state index in [1.54, 1.807) is 0 Å². The van der Waals surface area contributed by atoms with Gasteiger partial charge in [-0.2, -0.15) is 0 Å². The molecule has 1 unspecified atom stereocenters. The van der Waals surface area contributed by atoms with Crippen LogP contribution in [0.1, 0.15) is 64.6 Å². The molecule has 25 heavy (non-hydrogen) atoms. The van der Waals surface area contributed by atoms with E-state index in [-0.39, 0.29) is 12.1 Å². The molecule has 3 rings (SSSR count). The summed E-state index contributed by atoms with van der Waals surface area (Å²) >= 11 is 6.22. The number of alkyl carbamates (subject to hydrolysis) is 1. The first-order valence-corrected chi connectivity index (χ1v) is 9.47. The van der Waals surface area contributed by atoms with Crippen molar-refractivity contribution in [2.24, 2.45) is 0 Å². The molecule has 6 nitrogen and oxygen atoms in total. The number of halogens is 1. The van der Waals surface area contributed by atoms with Crippen LogP contribution in [0.3, 0.4) is 0 Å². The zero-order valence-electron chi connectivity index (χ0n) is 15.2. The fourth-order valence-corrected chi connectivity index (χ4v) is 3.31. The SMILES string of the molecule is CC(C)(C)OC(=O)NCC1CCCCN1c1cc(Cl)nc(C2CC2)n1. The average molecular weight is 367 g/mol. The van der Waals surface area contributed by atoms with E-state index in [1.807, 2.05) is 26.8 Å². The van der Waals surface area contributed by atoms with Gasteiger partial charge in [-0.25, -0.2) is 14.8 Å². The number of rotatable bonds is 4. The molecule has 1 atom stereocenters. The smallest absolute Gasteiger partial charge is 0.407 e. The van der Waals surface area contributed by atoms with Crippen LogP contribution in [0.4, 0.5) is 10.6 Å². The molecule has 2 heterocycles. The van der Waals surface area contributed by atoms with Crippen molar-refractivity contribution in [3.63, 3.8) is 0 Å². The summed E-state index contributed by atoms with van der Waals surface area (Å²) in [6.07, 6.45) is 5.18. The summed E-state index contributed by atoms with van der Waals surface area (Å²) in [4.78, 5) is 23.3. The van der Waals surface area contributed by atoms with Crippen LogP contribution in [0.25, 0.3) is 0 Å². The number of anilines is 1. The number of carbonyl (C=O) groups excluding carboxylic acids is 1. The Labute approximate surface area is 154 Å². The lowest BCUT2D eigenvalue weighted by molar-refractivity contribution is 0.0523. The highest BCUT2D eigenvalue weighted by atomic mass is 35.5. The molecule has 1 saturated carbocycles. The van der Waals surface area contributed by atoms with Crippen molar-refractivity contribution < 1.29 is 9.53 Å². The number of nitrogens with one attached hydrogen (secondary N) is 1. The van der Waals surface area contributed by atoms with Gasteiger partial charge < -0.3 is 15.0 Å². The number of ether oxygens (including phenoxy) is 1. The highest BCUT2D eigenvalue weighted by Crippen LogP contribution is 2.39. The van der Waals surface area contributed by atoms with Gasteiger partial charge in [-0.1, -0.05) is 11.6 Å². The minimum Gasteiger partial charge on any atom is -0.444 e. The molecule has 7 heteroatoms. The first kappa shape index (κ1) is 18.2. The largest absolute Gasteiger partial charge is 0.444 e. The number of piperidine rings is 1. The van der Waals surface area contributed by atoms with Gasteiger partial charge in [0, 0.05) is 31.1 Å². The first-order chi connectivity index (χ1) is 11.8. The number of hydrogen-bond acceptors (Lipinski definition) is 5. The van der Waals surface area contributed by atoms with Crippen LogP contribution < -0.4 is 10.2 Å². The van der Waals surface area contributed by atoms with Gasteiger partial charge in [0.15, 0.2) is 0 Å². The Kier molecular flexibility index (Phi) is 5.37. The zero-order valence-corrected chi connectivity index (χ0v) is 16.0. The zero-order chi connectivity index (χ0) is 18.0. The standard InChI is InChI=1S/C18H27ClN4O2/c1-18(2,3)25-17(24)20-11-13-6-4-5-9-23(13)15-10-14(19)21-16(22-15)12-7-8-12/h10,12-13H,4-9,11H2,1-3H3,(H,20,24). The summed E-state index contributed by atoms with van der Waals surface area (Å²) in [6, 6.07) is 2.03. The molecule has 0 radical (unpaired) electrons. The van der Waals surface area contributed by atoms with Crippen molar-refractivity contribution in [3.05, 3.63) is 17.0 Å². The van der Waals surface area contributed by atoms with Gasteiger partial charge >= 0.3 is 6.09 Å². The number of hydrogen-bond donors (Lipinski definition) is 1. The summed E-state index contributed by atoms with van der Waals surface area (Å²) in [5.74, 6) is 2.19. The topological polar surface area (TPSA) is 67.3 Å². The number of nitrogens with zero attached hydrogens (tertiary/aromatic N) is 3. The van der Waals surface area contributed by atoms with E-state index in [9.17, 15) is 4.79 Å². The van der Waals surface area contributed by atoms with Crippen LogP contribution in [-0.4, -0.2) is 40.8 Å². The first-order valence-electron chi connectivity index (χ1n) is 9.10. The maximum atomic E-state index is 12.0. The molecule has 1 saturated heterocycles. The summed E-state index contributed by atoms with van der Waals surface area (Å²) < 4.78 is 5.33. The predicted octanol–water partition coefficient (Wildman–Crippen LogP) is 3.89. The molecule has 1 aliphatic carbocycles. The molecule has 138 valence electrons. The van der Waals surface area contributed by atoms with Gasteiger partial charge in [0.05, 0.1) is 0 Å². The molecule has 2 aliphatic rings. The second-order valence-electron chi connectivity index (χ2n) is 7.91. The van der Waals surface area contributed by atoms with Crippen LogP contribution >= 0.6 is 11.6 Å². The third kappa shape index (κ3) is 5.21. The van der Waals surface area contributed by atoms with Crippen LogP contribution in [-0.2, 0) is 4.74 Å². The molecule has 1 aliphatic heterocycles. The lowest BCUT2D eigenvalue weighted by atomic mass is 10.0. The van der Waals surface area contributed by atoms with Gasteiger partial charge in [-0.3, -0.25) is 0 Å². The summed E-state index contributed by atoms with van der Waals surface area (Å²) in [5.41, 5.74) is -0.490. The molecule has 1 amide bonds. The number of aromatic nitrogens is 2. The monoisotopic (exact) mass is 366 g/mol. The molecule has 1 aromatic heterocycles. The van der Waals surface area contributed by atoms with Crippen molar-refractivity contribution in [1.82, 2.24) is 15.3 Å². The molecule has 0 spiro atoms. The Morgan fingerprint density at radius 3 is 2.76 bits per heavy atom. The molecule has 0 bridgehead atoms. The number of carbonyl (C=O) groups is 1. The summed E-state index contributed by atoms with van der Waals surface area (Å²) in [7, 11) is 0. The fraction of sp³-hybridized carbons (Fsp3) is 0.722. The Balaban J connectivity index is 1.67. The quantitative estimate of drug-likeness (QED) is 0.819. The van der Waals surface area contributed by atoms with Crippen molar-refractivity contribution in [1.29, 1.82) is 0 Å². The normalized spacial score (nSPS) is 21.1.